The highest BCUT2D eigenvalue weighted by Gasteiger charge is 2.31. The number of ketones is 1. The molecule has 1 heterocycles. The lowest BCUT2D eigenvalue weighted by molar-refractivity contribution is -0.131. The number of fused-ring (bicyclic) bond motifs is 5. The summed E-state index contributed by atoms with van der Waals surface area (Å²) < 4.78 is 1.49. The second-order valence-corrected chi connectivity index (χ2v) is 5.94. The van der Waals surface area contributed by atoms with Crippen LogP contribution in [0.4, 0.5) is 0 Å². The smallest absolute Gasteiger partial charge is 0.328 e. The topological polar surface area (TPSA) is 76.4 Å². The van der Waals surface area contributed by atoms with Crippen molar-refractivity contribution < 1.29 is 14.7 Å². The maximum absolute atomic E-state index is 12.9. The molecule has 1 aliphatic carbocycles. The molecule has 1 N–H and O–H groups in total. The lowest BCUT2D eigenvalue weighted by Crippen LogP contribution is -2.20. The second-order valence-electron chi connectivity index (χ2n) is 5.94. The molecule has 25 heavy (non-hydrogen) atoms. The molecule has 0 saturated carbocycles. The lowest BCUT2D eigenvalue weighted by atomic mass is 10.0. The average Bonchev–Trinajstić information content (AvgIpc) is 2.91. The van der Waals surface area contributed by atoms with E-state index in [1.165, 1.54) is 10.6 Å². The van der Waals surface area contributed by atoms with Gasteiger partial charge in [0.25, 0.3) is 5.56 Å². The fourth-order valence-corrected chi connectivity index (χ4v) is 3.37. The van der Waals surface area contributed by atoms with Crippen LogP contribution in [0.3, 0.4) is 0 Å². The van der Waals surface area contributed by atoms with Gasteiger partial charge < -0.3 is 9.67 Å². The van der Waals surface area contributed by atoms with Crippen LogP contribution >= 0.6 is 0 Å². The normalized spacial score (nSPS) is 12.6. The Kier molecular flexibility index (Phi) is 3.18. The fraction of sp³-hybridized carbons (Fsp3) is 0.0500. The van der Waals surface area contributed by atoms with Crippen molar-refractivity contribution in [1.82, 2.24) is 4.57 Å². The first-order valence-corrected chi connectivity index (χ1v) is 7.71. The number of aliphatic carboxylic acids is 1. The van der Waals surface area contributed by atoms with Crippen molar-refractivity contribution >= 4 is 28.6 Å². The summed E-state index contributed by atoms with van der Waals surface area (Å²) in [6.45, 7) is 0. The standard InChI is InChI=1S/C20H13NO4/c1-21-18-13-4-2-3-5-14(13)19(24)17(18)12-8-6-11(7-9-16(22)23)10-15(12)20(21)25/h2-10H,1H3,(H,22,23)/b9-7+. The summed E-state index contributed by atoms with van der Waals surface area (Å²) in [6.07, 6.45) is 2.44. The number of benzene rings is 2. The van der Waals surface area contributed by atoms with E-state index in [1.807, 2.05) is 12.1 Å². The lowest BCUT2D eigenvalue weighted by Gasteiger charge is -2.11. The highest BCUT2D eigenvalue weighted by atomic mass is 16.4. The van der Waals surface area contributed by atoms with Gasteiger partial charge in [-0.05, 0) is 17.7 Å². The Balaban J connectivity index is 2.06. The van der Waals surface area contributed by atoms with Gasteiger partial charge in [0.2, 0.25) is 0 Å². The van der Waals surface area contributed by atoms with E-state index in [2.05, 4.69) is 0 Å². The van der Waals surface area contributed by atoms with E-state index < -0.39 is 5.97 Å². The number of carbonyl (C=O) groups is 2. The van der Waals surface area contributed by atoms with Crippen LogP contribution in [0.1, 0.15) is 21.5 Å². The van der Waals surface area contributed by atoms with Gasteiger partial charge in [0.15, 0.2) is 5.78 Å². The van der Waals surface area contributed by atoms with Gasteiger partial charge in [-0.15, -0.1) is 0 Å². The van der Waals surface area contributed by atoms with Crippen LogP contribution in [0.25, 0.3) is 28.1 Å². The molecule has 0 saturated heterocycles. The molecule has 2 aromatic carbocycles. The number of rotatable bonds is 2. The molecule has 0 spiro atoms. The molecule has 0 fully saturated rings. The van der Waals surface area contributed by atoms with Crippen LogP contribution in [0.15, 0.2) is 53.3 Å². The average molecular weight is 331 g/mol. The van der Waals surface area contributed by atoms with Gasteiger partial charge in [-0.3, -0.25) is 9.59 Å². The van der Waals surface area contributed by atoms with Gasteiger partial charge in [-0.2, -0.15) is 0 Å². The number of carboxylic acids is 1. The number of aromatic nitrogens is 1. The summed E-state index contributed by atoms with van der Waals surface area (Å²) in [6, 6.07) is 12.3. The van der Waals surface area contributed by atoms with E-state index >= 15 is 0 Å². The molecule has 5 nitrogen and oxygen atoms in total. The van der Waals surface area contributed by atoms with Gasteiger partial charge in [0.1, 0.15) is 0 Å². The zero-order valence-corrected chi connectivity index (χ0v) is 13.3. The van der Waals surface area contributed by atoms with Crippen molar-refractivity contribution in [2.75, 3.05) is 0 Å². The number of nitrogens with zero attached hydrogens (tertiary/aromatic N) is 1. The van der Waals surface area contributed by atoms with Crippen LogP contribution in [-0.4, -0.2) is 21.4 Å². The van der Waals surface area contributed by atoms with Crippen molar-refractivity contribution in [3.8, 4) is 11.3 Å². The highest BCUT2D eigenvalue weighted by Crippen LogP contribution is 2.38. The minimum Gasteiger partial charge on any atom is -0.478 e. The van der Waals surface area contributed by atoms with Crippen LogP contribution in [0.2, 0.25) is 0 Å². The number of carboxylic acid groups (broad SMARTS) is 1. The van der Waals surface area contributed by atoms with Gasteiger partial charge in [-0.25, -0.2) is 4.79 Å². The first-order chi connectivity index (χ1) is 12.0. The van der Waals surface area contributed by atoms with Gasteiger partial charge in [0, 0.05) is 35.0 Å². The molecule has 3 aromatic rings. The third-order valence-electron chi connectivity index (χ3n) is 4.49. The SMILES string of the molecule is Cn1c2c(c3ccc(/C=C/C(=O)O)cc3c1=O)C(=O)c1ccccc1-2. The molecule has 1 aromatic heterocycles. The molecule has 0 radical (unpaired) electrons. The summed E-state index contributed by atoms with van der Waals surface area (Å²) in [7, 11) is 1.65. The van der Waals surface area contributed by atoms with E-state index in [1.54, 1.807) is 37.4 Å². The first kappa shape index (κ1) is 15.1. The van der Waals surface area contributed by atoms with Gasteiger partial charge >= 0.3 is 5.97 Å². The first-order valence-electron chi connectivity index (χ1n) is 7.71. The quantitative estimate of drug-likeness (QED) is 0.573. The molecule has 0 aliphatic heterocycles. The van der Waals surface area contributed by atoms with Crippen molar-refractivity contribution in [3.63, 3.8) is 0 Å². The van der Waals surface area contributed by atoms with E-state index in [0.717, 1.165) is 11.6 Å². The van der Waals surface area contributed by atoms with E-state index in [4.69, 9.17) is 5.11 Å². The van der Waals surface area contributed by atoms with Crippen LogP contribution in [0, 0.1) is 0 Å². The van der Waals surface area contributed by atoms with Crippen LogP contribution in [0.5, 0.6) is 0 Å². The summed E-state index contributed by atoms with van der Waals surface area (Å²) in [5.41, 5.74) is 2.88. The largest absolute Gasteiger partial charge is 0.478 e. The number of pyridine rings is 1. The third-order valence-corrected chi connectivity index (χ3v) is 4.49. The van der Waals surface area contributed by atoms with Crippen molar-refractivity contribution in [2.45, 2.75) is 0 Å². The maximum atomic E-state index is 12.9. The Morgan fingerprint density at radius 1 is 1.04 bits per heavy atom. The van der Waals surface area contributed by atoms with E-state index in [-0.39, 0.29) is 11.3 Å². The summed E-state index contributed by atoms with van der Waals surface area (Å²) in [5, 5.41) is 9.74. The van der Waals surface area contributed by atoms with Crippen LogP contribution < -0.4 is 5.56 Å². The molecule has 1 aliphatic rings. The minimum atomic E-state index is -1.06. The summed E-state index contributed by atoms with van der Waals surface area (Å²) in [5.74, 6) is -1.16. The highest BCUT2D eigenvalue weighted by molar-refractivity contribution is 6.26. The Morgan fingerprint density at radius 2 is 1.76 bits per heavy atom. The second kappa shape index (κ2) is 5.27. The summed E-state index contributed by atoms with van der Waals surface area (Å²) in [4.78, 5) is 36.3. The molecular weight excluding hydrogens is 318 g/mol. The predicted octanol–water partition coefficient (Wildman–Crippen LogP) is 2.85. The summed E-state index contributed by atoms with van der Waals surface area (Å²) >= 11 is 0. The molecule has 0 bridgehead atoms. The number of hydrogen-bond acceptors (Lipinski definition) is 3. The van der Waals surface area contributed by atoms with E-state index in [9.17, 15) is 14.4 Å². The fourth-order valence-electron chi connectivity index (χ4n) is 3.37. The molecule has 5 heteroatoms. The predicted molar refractivity (Wildman–Crippen MR) is 94.7 cm³/mol. The van der Waals surface area contributed by atoms with Crippen molar-refractivity contribution in [1.29, 1.82) is 0 Å². The third kappa shape index (κ3) is 2.13. The monoisotopic (exact) mass is 331 g/mol. The zero-order valence-electron chi connectivity index (χ0n) is 13.3. The van der Waals surface area contributed by atoms with Crippen molar-refractivity contribution in [3.05, 3.63) is 75.6 Å². The van der Waals surface area contributed by atoms with Crippen LogP contribution in [-0.2, 0) is 11.8 Å². The molecule has 0 unspecified atom stereocenters. The molecule has 4 rings (SSSR count). The Labute approximate surface area is 142 Å². The molecule has 0 atom stereocenters. The molecule has 122 valence electrons. The number of carbonyl (C=O) groups excluding carboxylic acids is 1. The van der Waals surface area contributed by atoms with E-state index in [0.29, 0.717) is 33.2 Å². The maximum Gasteiger partial charge on any atom is 0.328 e. The Hall–Kier alpha value is -3.47. The molecule has 0 amide bonds. The zero-order chi connectivity index (χ0) is 17.7. The Morgan fingerprint density at radius 3 is 2.48 bits per heavy atom. The minimum absolute atomic E-state index is 0.0972. The Bertz CT molecular complexity index is 1170. The number of hydrogen-bond donors (Lipinski definition) is 1. The molecular formula is C20H13NO4. The van der Waals surface area contributed by atoms with Gasteiger partial charge in [-0.1, -0.05) is 36.4 Å². The van der Waals surface area contributed by atoms with Gasteiger partial charge in [0.05, 0.1) is 11.3 Å². The van der Waals surface area contributed by atoms with Crippen molar-refractivity contribution in [2.24, 2.45) is 7.05 Å².